The monoisotopic (exact) mass is 542 g/mol. The summed E-state index contributed by atoms with van der Waals surface area (Å²) >= 11 is 3.51. The lowest BCUT2D eigenvalue weighted by atomic mass is 10.1. The van der Waals surface area contributed by atoms with Gasteiger partial charge in [0, 0.05) is 35.5 Å². The van der Waals surface area contributed by atoms with Gasteiger partial charge in [0.15, 0.2) is 0 Å². The predicted molar refractivity (Wildman–Crippen MR) is 148 cm³/mol. The number of nitrogens with zero attached hydrogens (tertiary/aromatic N) is 1. The normalized spacial score (nSPS) is 10.5. The number of benzene rings is 4. The van der Waals surface area contributed by atoms with Crippen molar-refractivity contribution in [2.75, 3.05) is 23.4 Å². The van der Waals surface area contributed by atoms with Gasteiger partial charge in [-0.05, 0) is 76.9 Å². The zero-order valence-corrected chi connectivity index (χ0v) is 21.6. The van der Waals surface area contributed by atoms with Crippen molar-refractivity contribution in [3.05, 3.63) is 124 Å². The molecule has 4 aromatic rings. The van der Waals surface area contributed by atoms with Crippen LogP contribution in [0.1, 0.15) is 33.2 Å². The average molecular weight is 543 g/mol. The van der Waals surface area contributed by atoms with Crippen LogP contribution in [-0.4, -0.2) is 25.0 Å². The van der Waals surface area contributed by atoms with Crippen LogP contribution in [0.15, 0.2) is 108 Å². The third-order valence-corrected chi connectivity index (χ3v) is 6.30. The van der Waals surface area contributed by atoms with Crippen LogP contribution in [0.2, 0.25) is 0 Å². The van der Waals surface area contributed by atoms with Gasteiger partial charge >= 0.3 is 0 Å². The summed E-state index contributed by atoms with van der Waals surface area (Å²) in [5.41, 5.74) is 3.57. The molecule has 2 amide bonds. The molecule has 0 fully saturated rings. The van der Waals surface area contributed by atoms with E-state index in [1.807, 2.05) is 55.5 Å². The van der Waals surface area contributed by atoms with Gasteiger partial charge in [0.2, 0.25) is 0 Å². The van der Waals surface area contributed by atoms with E-state index in [2.05, 4.69) is 33.4 Å². The topological polar surface area (TPSA) is 58.6 Å². The summed E-state index contributed by atoms with van der Waals surface area (Å²) in [7, 11) is 0. The van der Waals surface area contributed by atoms with Gasteiger partial charge in [0.25, 0.3) is 11.8 Å². The van der Waals surface area contributed by atoms with Gasteiger partial charge in [-0.15, -0.1) is 0 Å². The van der Waals surface area contributed by atoms with Crippen LogP contribution in [0, 0.1) is 0 Å². The zero-order valence-electron chi connectivity index (χ0n) is 20.0. The smallest absolute Gasteiger partial charge is 0.258 e. The highest BCUT2D eigenvalue weighted by atomic mass is 79.9. The molecule has 0 bridgehead atoms. The second kappa shape index (κ2) is 12.2. The summed E-state index contributed by atoms with van der Waals surface area (Å²) in [4.78, 5) is 27.7. The molecule has 4 rings (SSSR count). The van der Waals surface area contributed by atoms with Crippen LogP contribution in [0.5, 0.6) is 5.75 Å². The Morgan fingerprint density at radius 1 is 0.833 bits per heavy atom. The molecule has 36 heavy (non-hydrogen) atoms. The highest BCUT2D eigenvalue weighted by Crippen LogP contribution is 2.27. The molecule has 0 radical (unpaired) electrons. The SMILES string of the molecule is CCN(C(=O)c1cccc(NC(=O)c2ccc(OCCc3ccccc3)c(Br)c2)c1)c1ccccc1. The van der Waals surface area contributed by atoms with Crippen molar-refractivity contribution in [2.45, 2.75) is 13.3 Å². The first-order chi connectivity index (χ1) is 17.5. The van der Waals surface area contributed by atoms with Gasteiger partial charge in [-0.1, -0.05) is 54.6 Å². The molecule has 0 saturated carbocycles. The Balaban J connectivity index is 1.40. The largest absolute Gasteiger partial charge is 0.492 e. The van der Waals surface area contributed by atoms with Crippen molar-refractivity contribution in [3.8, 4) is 5.75 Å². The maximum atomic E-state index is 13.1. The van der Waals surface area contributed by atoms with Gasteiger partial charge in [-0.3, -0.25) is 9.59 Å². The lowest BCUT2D eigenvalue weighted by molar-refractivity contribution is 0.0985. The third-order valence-electron chi connectivity index (χ3n) is 5.68. The molecule has 182 valence electrons. The number of carbonyl (C=O) groups is 2. The Hall–Kier alpha value is -3.90. The molecular weight excluding hydrogens is 516 g/mol. The van der Waals surface area contributed by atoms with Gasteiger partial charge < -0.3 is 15.0 Å². The fraction of sp³-hybridized carbons (Fsp3) is 0.133. The van der Waals surface area contributed by atoms with E-state index in [4.69, 9.17) is 4.74 Å². The standard InChI is InChI=1S/C30H27BrN2O3/c1-2-33(26-14-7-4-8-15-26)30(35)24-12-9-13-25(20-24)32-29(34)23-16-17-28(27(31)21-23)36-19-18-22-10-5-3-6-11-22/h3-17,20-21H,2,18-19H2,1H3,(H,32,34). The van der Waals surface area contributed by atoms with E-state index in [0.29, 0.717) is 40.2 Å². The molecule has 0 aliphatic rings. The number of hydrogen-bond acceptors (Lipinski definition) is 3. The van der Waals surface area contributed by atoms with Crippen LogP contribution >= 0.6 is 15.9 Å². The second-order valence-corrected chi connectivity index (χ2v) is 9.00. The molecule has 0 heterocycles. The van der Waals surface area contributed by atoms with E-state index < -0.39 is 0 Å². The number of para-hydroxylation sites is 1. The number of halogens is 1. The van der Waals surface area contributed by atoms with E-state index in [1.54, 1.807) is 47.4 Å². The highest BCUT2D eigenvalue weighted by molar-refractivity contribution is 9.10. The number of ether oxygens (including phenoxy) is 1. The van der Waals surface area contributed by atoms with Crippen molar-refractivity contribution in [3.63, 3.8) is 0 Å². The second-order valence-electron chi connectivity index (χ2n) is 8.15. The van der Waals surface area contributed by atoms with Crippen LogP contribution in [0.4, 0.5) is 11.4 Å². The summed E-state index contributed by atoms with van der Waals surface area (Å²) in [5, 5.41) is 2.89. The van der Waals surface area contributed by atoms with E-state index >= 15 is 0 Å². The quantitative estimate of drug-likeness (QED) is 0.248. The molecule has 0 atom stereocenters. The lowest BCUT2D eigenvalue weighted by Gasteiger charge is -2.21. The first-order valence-electron chi connectivity index (χ1n) is 11.8. The van der Waals surface area contributed by atoms with E-state index in [1.165, 1.54) is 5.56 Å². The maximum absolute atomic E-state index is 13.1. The van der Waals surface area contributed by atoms with Crippen molar-refractivity contribution in [2.24, 2.45) is 0 Å². The van der Waals surface area contributed by atoms with Gasteiger partial charge in [0.05, 0.1) is 11.1 Å². The summed E-state index contributed by atoms with van der Waals surface area (Å²) in [5.74, 6) is 0.279. The minimum atomic E-state index is -0.272. The predicted octanol–water partition coefficient (Wildman–Crippen LogP) is 6.99. The third kappa shape index (κ3) is 6.40. The average Bonchev–Trinajstić information content (AvgIpc) is 2.91. The number of amides is 2. The Morgan fingerprint density at radius 2 is 1.56 bits per heavy atom. The number of nitrogens with one attached hydrogen (secondary N) is 1. The number of hydrogen-bond donors (Lipinski definition) is 1. The van der Waals surface area contributed by atoms with Crippen molar-refractivity contribution in [1.29, 1.82) is 0 Å². The number of carbonyl (C=O) groups excluding carboxylic acids is 2. The fourth-order valence-corrected chi connectivity index (χ4v) is 4.32. The van der Waals surface area contributed by atoms with Crippen LogP contribution < -0.4 is 15.0 Å². The van der Waals surface area contributed by atoms with Gasteiger partial charge in [-0.25, -0.2) is 0 Å². The molecule has 1 N–H and O–H groups in total. The van der Waals surface area contributed by atoms with Crippen LogP contribution in [0.3, 0.4) is 0 Å². The van der Waals surface area contributed by atoms with Gasteiger partial charge in [0.1, 0.15) is 5.75 Å². The minimum absolute atomic E-state index is 0.125. The number of anilines is 2. The molecule has 0 saturated heterocycles. The first-order valence-corrected chi connectivity index (χ1v) is 12.6. The highest BCUT2D eigenvalue weighted by Gasteiger charge is 2.17. The van der Waals surface area contributed by atoms with Crippen LogP contribution in [0.25, 0.3) is 0 Å². The summed E-state index contributed by atoms with van der Waals surface area (Å²) in [6.07, 6.45) is 0.796. The summed E-state index contributed by atoms with van der Waals surface area (Å²) < 4.78 is 6.59. The molecular formula is C30H27BrN2O3. The molecule has 0 aromatic heterocycles. The Labute approximate surface area is 219 Å². The van der Waals surface area contributed by atoms with Crippen molar-refractivity contribution < 1.29 is 14.3 Å². The molecule has 4 aromatic carbocycles. The van der Waals surface area contributed by atoms with E-state index in [0.717, 1.165) is 12.1 Å². The summed E-state index contributed by atoms with van der Waals surface area (Å²) in [6, 6.07) is 31.9. The molecule has 0 aliphatic carbocycles. The van der Waals surface area contributed by atoms with Gasteiger partial charge in [-0.2, -0.15) is 0 Å². The molecule has 0 spiro atoms. The van der Waals surface area contributed by atoms with Crippen molar-refractivity contribution >= 4 is 39.1 Å². The first kappa shape index (κ1) is 25.2. The van der Waals surface area contributed by atoms with E-state index in [-0.39, 0.29) is 11.8 Å². The minimum Gasteiger partial charge on any atom is -0.492 e. The Morgan fingerprint density at radius 3 is 2.25 bits per heavy atom. The lowest BCUT2D eigenvalue weighted by Crippen LogP contribution is -2.30. The molecule has 6 heteroatoms. The molecule has 0 unspecified atom stereocenters. The number of rotatable bonds is 9. The molecule has 0 aliphatic heterocycles. The van der Waals surface area contributed by atoms with Crippen LogP contribution in [-0.2, 0) is 6.42 Å². The fourth-order valence-electron chi connectivity index (χ4n) is 3.82. The van der Waals surface area contributed by atoms with E-state index in [9.17, 15) is 9.59 Å². The van der Waals surface area contributed by atoms with Crippen molar-refractivity contribution in [1.82, 2.24) is 0 Å². The summed E-state index contributed by atoms with van der Waals surface area (Å²) in [6.45, 7) is 3.00. The zero-order chi connectivity index (χ0) is 25.3. The maximum Gasteiger partial charge on any atom is 0.258 e. The molecule has 5 nitrogen and oxygen atoms in total. The Bertz CT molecular complexity index is 1330. The Kier molecular flexibility index (Phi) is 8.53.